The van der Waals surface area contributed by atoms with E-state index in [1.807, 2.05) is 30.3 Å². The molecule has 0 spiro atoms. The molecule has 10 heteroatoms. The fourth-order valence-corrected chi connectivity index (χ4v) is 5.28. The van der Waals surface area contributed by atoms with E-state index in [9.17, 15) is 22.4 Å². The molecule has 0 radical (unpaired) electrons. The predicted molar refractivity (Wildman–Crippen MR) is 151 cm³/mol. The number of hydrogen-bond acceptors (Lipinski definition) is 5. The van der Waals surface area contributed by atoms with Crippen molar-refractivity contribution in [1.82, 2.24) is 14.9 Å². The summed E-state index contributed by atoms with van der Waals surface area (Å²) >= 11 is 0. The molecule has 0 aliphatic rings. The Kier molecular flexibility index (Phi) is 11.8. The number of benzene rings is 3. The molecule has 2 amide bonds. The molecular weight excluding hydrogens is 533 g/mol. The number of ether oxygens (including phenoxy) is 1. The third kappa shape index (κ3) is 9.25. The summed E-state index contributed by atoms with van der Waals surface area (Å²) in [7, 11) is -2.03. The van der Waals surface area contributed by atoms with Gasteiger partial charge in [-0.25, -0.2) is 17.5 Å². The molecule has 2 N–H and O–H groups in total. The number of methoxy groups -OCH3 is 1. The van der Waals surface area contributed by atoms with E-state index in [1.165, 1.54) is 29.2 Å². The van der Waals surface area contributed by atoms with Gasteiger partial charge >= 0.3 is 0 Å². The minimum atomic E-state index is -3.57. The highest BCUT2D eigenvalue weighted by atomic mass is 32.2. The zero-order valence-electron chi connectivity index (χ0n) is 22.8. The lowest BCUT2D eigenvalue weighted by Gasteiger charge is -2.31. The highest BCUT2D eigenvalue weighted by Gasteiger charge is 2.30. The van der Waals surface area contributed by atoms with Gasteiger partial charge in [0.05, 0.1) is 11.5 Å². The van der Waals surface area contributed by atoms with E-state index in [0.29, 0.717) is 31.6 Å². The number of amides is 2. The van der Waals surface area contributed by atoms with Crippen LogP contribution in [0.2, 0.25) is 0 Å². The Labute approximate surface area is 235 Å². The zero-order chi connectivity index (χ0) is 29.0. The van der Waals surface area contributed by atoms with Crippen LogP contribution in [0.3, 0.4) is 0 Å². The normalized spacial score (nSPS) is 12.1. The molecular formula is C30H36FN3O5S. The van der Waals surface area contributed by atoms with Crippen LogP contribution in [0.25, 0.3) is 0 Å². The van der Waals surface area contributed by atoms with E-state index in [-0.39, 0.29) is 42.0 Å². The van der Waals surface area contributed by atoms with Crippen LogP contribution >= 0.6 is 0 Å². The van der Waals surface area contributed by atoms with Crippen LogP contribution in [0.4, 0.5) is 4.39 Å². The average Bonchev–Trinajstić information content (AvgIpc) is 2.95. The van der Waals surface area contributed by atoms with E-state index >= 15 is 0 Å². The summed E-state index contributed by atoms with van der Waals surface area (Å²) in [5.74, 6) is -0.954. The second-order valence-electron chi connectivity index (χ2n) is 9.28. The number of nitrogens with one attached hydrogen (secondary N) is 2. The van der Waals surface area contributed by atoms with Crippen LogP contribution in [-0.4, -0.2) is 58.0 Å². The monoisotopic (exact) mass is 569 g/mol. The lowest BCUT2D eigenvalue weighted by molar-refractivity contribution is -0.141. The number of carbonyl (C=O) groups is 2. The van der Waals surface area contributed by atoms with Gasteiger partial charge in [0.25, 0.3) is 0 Å². The number of sulfonamides is 1. The highest BCUT2D eigenvalue weighted by Crippen LogP contribution is 2.18. The van der Waals surface area contributed by atoms with Gasteiger partial charge in [-0.3, -0.25) is 9.59 Å². The average molecular weight is 570 g/mol. The SMILES string of the molecule is CCNS(=O)(=O)c1ccc(CCC(=O)N(Cc2ccc(F)cc2)[C@@H](Cc2ccccc2)C(=O)NCCOC)cc1. The minimum Gasteiger partial charge on any atom is -0.383 e. The summed E-state index contributed by atoms with van der Waals surface area (Å²) in [5.41, 5.74) is 2.37. The summed E-state index contributed by atoms with van der Waals surface area (Å²) in [5, 5.41) is 2.86. The second kappa shape index (κ2) is 15.3. The number of halogens is 1. The van der Waals surface area contributed by atoms with Gasteiger partial charge in [0.2, 0.25) is 21.8 Å². The van der Waals surface area contributed by atoms with Gasteiger partial charge in [-0.15, -0.1) is 0 Å². The van der Waals surface area contributed by atoms with Gasteiger partial charge in [0, 0.05) is 39.6 Å². The Hall–Kier alpha value is -3.60. The molecule has 8 nitrogen and oxygen atoms in total. The van der Waals surface area contributed by atoms with Crippen molar-refractivity contribution in [2.24, 2.45) is 0 Å². The van der Waals surface area contributed by atoms with Gasteiger partial charge in [0.15, 0.2) is 0 Å². The van der Waals surface area contributed by atoms with E-state index in [4.69, 9.17) is 4.74 Å². The highest BCUT2D eigenvalue weighted by molar-refractivity contribution is 7.89. The van der Waals surface area contributed by atoms with Gasteiger partial charge in [0.1, 0.15) is 11.9 Å². The van der Waals surface area contributed by atoms with Crippen LogP contribution in [-0.2, 0) is 43.7 Å². The maximum Gasteiger partial charge on any atom is 0.243 e. The Morgan fingerprint density at radius 3 is 2.20 bits per heavy atom. The predicted octanol–water partition coefficient (Wildman–Crippen LogP) is 3.46. The van der Waals surface area contributed by atoms with Crippen molar-refractivity contribution >= 4 is 21.8 Å². The molecule has 3 rings (SSSR count). The van der Waals surface area contributed by atoms with Crippen molar-refractivity contribution in [1.29, 1.82) is 0 Å². The maximum absolute atomic E-state index is 13.7. The topological polar surface area (TPSA) is 105 Å². The van der Waals surface area contributed by atoms with Crippen molar-refractivity contribution in [3.63, 3.8) is 0 Å². The number of nitrogens with zero attached hydrogens (tertiary/aromatic N) is 1. The van der Waals surface area contributed by atoms with Crippen LogP contribution in [0.15, 0.2) is 83.8 Å². The van der Waals surface area contributed by atoms with Crippen molar-refractivity contribution in [2.75, 3.05) is 26.8 Å². The fraction of sp³-hybridized carbons (Fsp3) is 0.333. The Balaban J connectivity index is 1.85. The Morgan fingerprint density at radius 1 is 0.925 bits per heavy atom. The molecule has 40 heavy (non-hydrogen) atoms. The third-order valence-corrected chi connectivity index (χ3v) is 7.90. The van der Waals surface area contributed by atoms with Crippen LogP contribution < -0.4 is 10.0 Å². The van der Waals surface area contributed by atoms with Crippen molar-refractivity contribution in [3.05, 3.63) is 101 Å². The molecule has 0 saturated carbocycles. The molecule has 3 aromatic carbocycles. The second-order valence-corrected chi connectivity index (χ2v) is 11.0. The number of carbonyl (C=O) groups excluding carboxylic acids is 2. The van der Waals surface area contributed by atoms with Crippen molar-refractivity contribution in [2.45, 2.75) is 43.7 Å². The van der Waals surface area contributed by atoms with Crippen LogP contribution in [0.5, 0.6) is 0 Å². The fourth-order valence-electron chi connectivity index (χ4n) is 4.24. The van der Waals surface area contributed by atoms with Gasteiger partial charge in [-0.05, 0) is 47.4 Å². The molecule has 3 aromatic rings. The zero-order valence-corrected chi connectivity index (χ0v) is 23.6. The Bertz CT molecular complexity index is 1330. The molecule has 0 bridgehead atoms. The first-order valence-corrected chi connectivity index (χ1v) is 14.6. The number of rotatable bonds is 15. The summed E-state index contributed by atoms with van der Waals surface area (Å²) < 4.78 is 45.6. The lowest BCUT2D eigenvalue weighted by Crippen LogP contribution is -2.51. The van der Waals surface area contributed by atoms with E-state index in [2.05, 4.69) is 10.0 Å². The largest absolute Gasteiger partial charge is 0.383 e. The summed E-state index contributed by atoms with van der Waals surface area (Å²) in [6.45, 7) is 2.73. The van der Waals surface area contributed by atoms with E-state index in [0.717, 1.165) is 11.1 Å². The van der Waals surface area contributed by atoms with Gasteiger partial charge < -0.3 is 15.0 Å². The first-order valence-electron chi connectivity index (χ1n) is 13.2. The summed E-state index contributed by atoms with van der Waals surface area (Å²) in [4.78, 5) is 28.8. The molecule has 0 unspecified atom stereocenters. The van der Waals surface area contributed by atoms with Crippen molar-refractivity contribution in [3.8, 4) is 0 Å². The van der Waals surface area contributed by atoms with E-state index in [1.54, 1.807) is 38.3 Å². The molecule has 0 heterocycles. The first kappa shape index (κ1) is 30.9. The quantitative estimate of drug-likeness (QED) is 0.273. The molecule has 0 aromatic heterocycles. The summed E-state index contributed by atoms with van der Waals surface area (Å²) in [6.07, 6.45) is 0.740. The minimum absolute atomic E-state index is 0.0944. The van der Waals surface area contributed by atoms with Crippen LogP contribution in [0, 0.1) is 5.82 Å². The molecule has 0 saturated heterocycles. The van der Waals surface area contributed by atoms with E-state index < -0.39 is 16.1 Å². The summed E-state index contributed by atoms with van der Waals surface area (Å²) in [6, 6.07) is 20.9. The maximum atomic E-state index is 13.7. The third-order valence-electron chi connectivity index (χ3n) is 6.34. The molecule has 1 atom stereocenters. The molecule has 0 fully saturated rings. The number of aryl methyl sites for hydroxylation is 1. The first-order chi connectivity index (χ1) is 19.2. The van der Waals surface area contributed by atoms with Crippen molar-refractivity contribution < 1.29 is 27.1 Å². The molecule has 214 valence electrons. The number of hydrogen-bond donors (Lipinski definition) is 2. The van der Waals surface area contributed by atoms with Gasteiger partial charge in [-0.1, -0.05) is 61.5 Å². The van der Waals surface area contributed by atoms with Gasteiger partial charge in [-0.2, -0.15) is 0 Å². The molecule has 0 aliphatic heterocycles. The molecule has 0 aliphatic carbocycles. The smallest absolute Gasteiger partial charge is 0.243 e. The standard InChI is InChI=1S/C30H36FN3O5S/c1-3-33-40(37,38)27-16-11-23(12-17-27)13-18-29(35)34(22-25-9-14-26(31)15-10-25)28(30(36)32-19-20-39-2)21-24-7-5-4-6-8-24/h4-12,14-17,28,33H,3,13,18-22H2,1-2H3,(H,32,36)/t28-/m0/s1. The Morgan fingerprint density at radius 2 is 1.57 bits per heavy atom. The lowest BCUT2D eigenvalue weighted by atomic mass is 10.0. The van der Waals surface area contributed by atoms with Crippen LogP contribution in [0.1, 0.15) is 30.0 Å².